The van der Waals surface area contributed by atoms with Crippen molar-refractivity contribution in [2.45, 2.75) is 50.6 Å². The Hall–Kier alpha value is -3.96. The molecule has 1 aliphatic carbocycles. The van der Waals surface area contributed by atoms with Crippen molar-refractivity contribution in [2.24, 2.45) is 5.41 Å². The Morgan fingerprint density at radius 2 is 1.49 bits per heavy atom. The molecule has 37 heavy (non-hydrogen) atoms. The van der Waals surface area contributed by atoms with Crippen LogP contribution in [0.5, 0.6) is 0 Å². The number of rotatable bonds is 7. The Kier molecular flexibility index (Phi) is 7.06. The number of amides is 3. The van der Waals surface area contributed by atoms with Gasteiger partial charge in [-0.15, -0.1) is 0 Å². The molecule has 5 rings (SSSR count). The Bertz CT molecular complexity index is 1240. The minimum atomic E-state index is -0.905. The van der Waals surface area contributed by atoms with Crippen LogP contribution in [-0.2, 0) is 14.4 Å². The molecule has 2 saturated heterocycles. The predicted molar refractivity (Wildman–Crippen MR) is 142 cm³/mol. The maximum Gasteiger partial charge on any atom is 0.247 e. The fourth-order valence-corrected chi connectivity index (χ4v) is 4.97. The van der Waals surface area contributed by atoms with E-state index >= 15 is 0 Å². The van der Waals surface area contributed by atoms with Gasteiger partial charge in [-0.25, -0.2) is 0 Å². The van der Waals surface area contributed by atoms with Crippen LogP contribution in [0.25, 0.3) is 12.2 Å². The summed E-state index contributed by atoms with van der Waals surface area (Å²) in [5.74, 6) is -0.401. The van der Waals surface area contributed by atoms with Crippen molar-refractivity contribution in [3.8, 4) is 6.07 Å². The van der Waals surface area contributed by atoms with E-state index in [1.54, 1.807) is 4.90 Å². The summed E-state index contributed by atoms with van der Waals surface area (Å²) in [5, 5.41) is 18.4. The molecule has 8 heteroatoms. The first-order chi connectivity index (χ1) is 18.0. The third-order valence-electron chi connectivity index (χ3n) is 7.39. The summed E-state index contributed by atoms with van der Waals surface area (Å²) in [6.45, 7) is 1.41. The number of nitrogens with one attached hydrogen (secondary N) is 3. The Morgan fingerprint density at radius 3 is 2.00 bits per heavy atom. The summed E-state index contributed by atoms with van der Waals surface area (Å²) in [7, 11) is 0. The fraction of sp³-hybridized carbons (Fsp3) is 0.379. The van der Waals surface area contributed by atoms with Crippen LogP contribution in [0.15, 0.2) is 48.5 Å². The van der Waals surface area contributed by atoms with Gasteiger partial charge in [0.2, 0.25) is 17.7 Å². The van der Waals surface area contributed by atoms with Crippen LogP contribution in [-0.4, -0.2) is 47.8 Å². The van der Waals surface area contributed by atoms with Gasteiger partial charge >= 0.3 is 0 Å². The highest BCUT2D eigenvalue weighted by Crippen LogP contribution is 2.47. The normalized spacial score (nSPS) is 22.0. The van der Waals surface area contributed by atoms with E-state index in [4.69, 9.17) is 0 Å². The largest absolute Gasteiger partial charge is 0.329 e. The molecule has 3 N–H and O–H groups in total. The molecule has 2 aromatic carbocycles. The molecular formula is C29H31N5O3. The molecule has 0 spiro atoms. The van der Waals surface area contributed by atoms with E-state index in [0.717, 1.165) is 42.6 Å². The zero-order valence-corrected chi connectivity index (χ0v) is 20.7. The molecule has 3 aliphatic rings. The minimum Gasteiger partial charge on any atom is -0.329 e. The van der Waals surface area contributed by atoms with E-state index in [9.17, 15) is 19.6 Å². The fourth-order valence-electron chi connectivity index (χ4n) is 4.97. The molecule has 3 amide bonds. The van der Waals surface area contributed by atoms with Gasteiger partial charge in [0.1, 0.15) is 11.5 Å². The minimum absolute atomic E-state index is 0.00853. The first-order valence-corrected chi connectivity index (χ1v) is 12.9. The van der Waals surface area contributed by atoms with Crippen molar-refractivity contribution in [3.63, 3.8) is 0 Å². The molecule has 3 fully saturated rings. The highest BCUT2D eigenvalue weighted by atomic mass is 16.2. The lowest BCUT2D eigenvalue weighted by molar-refractivity contribution is -0.139. The topological polar surface area (TPSA) is 114 Å². The van der Waals surface area contributed by atoms with Crippen molar-refractivity contribution >= 4 is 41.2 Å². The average Bonchev–Trinajstić information content (AvgIpc) is 3.29. The Labute approximate surface area is 216 Å². The van der Waals surface area contributed by atoms with Gasteiger partial charge in [0, 0.05) is 17.9 Å². The van der Waals surface area contributed by atoms with Gasteiger partial charge in [0.05, 0.1) is 12.1 Å². The lowest BCUT2D eigenvalue weighted by Crippen LogP contribution is -2.46. The first-order valence-electron chi connectivity index (χ1n) is 12.9. The second-order valence-corrected chi connectivity index (χ2v) is 10.1. The molecule has 8 nitrogen and oxygen atoms in total. The van der Waals surface area contributed by atoms with E-state index in [0.29, 0.717) is 31.5 Å². The zero-order chi connectivity index (χ0) is 25.8. The van der Waals surface area contributed by atoms with Gasteiger partial charge in [-0.05, 0) is 80.5 Å². The van der Waals surface area contributed by atoms with Crippen molar-refractivity contribution in [1.82, 2.24) is 10.2 Å². The van der Waals surface area contributed by atoms with Gasteiger partial charge < -0.3 is 20.9 Å². The molecule has 0 aromatic heterocycles. The molecule has 0 unspecified atom stereocenters. The lowest BCUT2D eigenvalue weighted by atomic mass is 10.1. The molecule has 2 aliphatic heterocycles. The number of nitriles is 1. The summed E-state index contributed by atoms with van der Waals surface area (Å²) in [5.41, 5.74) is 2.52. The van der Waals surface area contributed by atoms with Crippen molar-refractivity contribution < 1.29 is 14.4 Å². The van der Waals surface area contributed by atoms with Crippen molar-refractivity contribution in [2.75, 3.05) is 23.7 Å². The third-order valence-corrected chi connectivity index (χ3v) is 7.39. The molecule has 190 valence electrons. The van der Waals surface area contributed by atoms with Crippen molar-refractivity contribution in [3.05, 3.63) is 59.7 Å². The van der Waals surface area contributed by atoms with Crippen LogP contribution in [0.1, 0.15) is 49.7 Å². The molecule has 2 atom stereocenters. The van der Waals surface area contributed by atoms with Gasteiger partial charge in [-0.3, -0.25) is 14.4 Å². The number of hydrogen-bond donors (Lipinski definition) is 3. The highest BCUT2D eigenvalue weighted by molar-refractivity contribution is 5.99. The van der Waals surface area contributed by atoms with Crippen LogP contribution < -0.4 is 16.0 Å². The van der Waals surface area contributed by atoms with E-state index in [1.807, 2.05) is 60.7 Å². The summed E-state index contributed by atoms with van der Waals surface area (Å²) >= 11 is 0. The third kappa shape index (κ3) is 5.57. The monoisotopic (exact) mass is 497 g/mol. The van der Waals surface area contributed by atoms with E-state index in [2.05, 4.69) is 22.0 Å². The van der Waals surface area contributed by atoms with Gasteiger partial charge in [-0.2, -0.15) is 5.26 Å². The first kappa shape index (κ1) is 24.7. The summed E-state index contributed by atoms with van der Waals surface area (Å²) in [4.78, 5) is 39.5. The van der Waals surface area contributed by atoms with Crippen LogP contribution in [0, 0.1) is 16.7 Å². The lowest BCUT2D eigenvalue weighted by Gasteiger charge is -2.25. The smallest absolute Gasteiger partial charge is 0.247 e. The van der Waals surface area contributed by atoms with Gasteiger partial charge in [0.25, 0.3) is 0 Å². The van der Waals surface area contributed by atoms with Crippen molar-refractivity contribution in [1.29, 1.82) is 5.26 Å². The Morgan fingerprint density at radius 1 is 0.892 bits per heavy atom. The number of hydrogen-bond acceptors (Lipinski definition) is 5. The molecule has 1 saturated carbocycles. The number of benzene rings is 2. The molecule has 0 bridgehead atoms. The van der Waals surface area contributed by atoms with Crippen LogP contribution in [0.3, 0.4) is 0 Å². The maximum atomic E-state index is 12.9. The number of likely N-dealkylation sites (tertiary alicyclic amines) is 1. The summed E-state index contributed by atoms with van der Waals surface area (Å²) in [6.07, 6.45) is 8.41. The average molecular weight is 498 g/mol. The van der Waals surface area contributed by atoms with Crippen LogP contribution >= 0.6 is 0 Å². The van der Waals surface area contributed by atoms with Crippen LogP contribution in [0.2, 0.25) is 0 Å². The SMILES string of the molecule is N#CC1(C(=O)N2CCC[C@H]2C(=O)Nc2ccc(/C=C/c3ccc(NC(=O)[C@@H]4CCCN4)cc3)cc2)CC1. The van der Waals surface area contributed by atoms with Crippen LogP contribution in [0.4, 0.5) is 11.4 Å². The van der Waals surface area contributed by atoms with E-state index in [-0.39, 0.29) is 23.8 Å². The molecular weight excluding hydrogens is 466 g/mol. The summed E-state index contributed by atoms with van der Waals surface area (Å²) in [6, 6.07) is 16.7. The highest BCUT2D eigenvalue weighted by Gasteiger charge is 2.54. The standard InChI is InChI=1S/C29H31N5O3/c30-19-29(15-16-29)28(37)34-18-2-4-25(34)27(36)33-23-13-9-21(10-14-23)6-5-20-7-11-22(12-8-20)32-26(35)24-3-1-17-31-24/h5-14,24-25,31H,1-4,15-18H2,(H,32,35)(H,33,36)/b6-5+/t24-,25-/m0/s1. The second kappa shape index (κ2) is 10.6. The van der Waals surface area contributed by atoms with E-state index < -0.39 is 11.5 Å². The number of carbonyl (C=O) groups excluding carboxylic acids is 3. The molecule has 2 aromatic rings. The second-order valence-electron chi connectivity index (χ2n) is 10.1. The van der Waals surface area contributed by atoms with Gasteiger partial charge in [0.15, 0.2) is 0 Å². The molecule has 2 heterocycles. The maximum absolute atomic E-state index is 12.9. The predicted octanol–water partition coefficient (Wildman–Crippen LogP) is 3.78. The van der Waals surface area contributed by atoms with Gasteiger partial charge in [-0.1, -0.05) is 36.4 Å². The van der Waals surface area contributed by atoms with E-state index in [1.165, 1.54) is 0 Å². The Balaban J connectivity index is 1.14. The quantitative estimate of drug-likeness (QED) is 0.504. The zero-order valence-electron chi connectivity index (χ0n) is 20.7. The molecule has 0 radical (unpaired) electrons. The number of carbonyl (C=O) groups is 3. The number of nitrogens with zero attached hydrogens (tertiary/aromatic N) is 2. The number of anilines is 2. The summed E-state index contributed by atoms with van der Waals surface area (Å²) < 4.78 is 0.